The Morgan fingerprint density at radius 2 is 0.801 bits per heavy atom. The van der Waals surface area contributed by atoms with Crippen molar-refractivity contribution in [3.8, 4) is 5.88 Å². The molecule has 7 saturated carbocycles. The highest BCUT2D eigenvalue weighted by Gasteiger charge is 2.50. The number of aromatic nitrogens is 25. The number of aliphatic hydroxyl groups excluding tert-OH is 4. The number of nitrogens with one attached hydrogen (secondary N) is 9. The number of nitrogens with two attached hydrogens (primary N) is 2. The van der Waals surface area contributed by atoms with Crippen molar-refractivity contribution >= 4 is 135 Å². The van der Waals surface area contributed by atoms with Crippen molar-refractivity contribution in [3.05, 3.63) is 236 Å². The van der Waals surface area contributed by atoms with Crippen LogP contribution in [0.15, 0.2) is 170 Å². The van der Waals surface area contributed by atoms with Crippen molar-refractivity contribution in [3.63, 3.8) is 0 Å². The molecular formula is C104H126ClN27O12S2. The van der Waals surface area contributed by atoms with Crippen LogP contribution in [-0.2, 0) is 32.3 Å². The molecule has 24 rings (SSSR count). The van der Waals surface area contributed by atoms with Gasteiger partial charge in [0.15, 0.2) is 16.8 Å². The average Bonchev–Trinajstić information content (AvgIpc) is 1.59. The highest BCUT2D eigenvalue weighted by molar-refractivity contribution is 7.80. The minimum absolute atomic E-state index is 0.0775. The molecular weight excluding hydrogens is 1920 g/mol. The minimum atomic E-state index is -0.559. The molecule has 0 unspecified atom stereocenters. The molecule has 16 atom stereocenters. The van der Waals surface area contributed by atoms with Crippen molar-refractivity contribution in [1.29, 1.82) is 0 Å². The summed E-state index contributed by atoms with van der Waals surface area (Å²) in [5.41, 5.74) is 31.4. The number of imidazole rings is 2. The summed E-state index contributed by atoms with van der Waals surface area (Å²) in [4.78, 5) is 116. The first kappa shape index (κ1) is 103. The van der Waals surface area contributed by atoms with Gasteiger partial charge in [-0.3, -0.25) is 23.5 Å². The molecule has 0 aliphatic heterocycles. The molecule has 7 aliphatic carbocycles. The van der Waals surface area contributed by atoms with E-state index in [4.69, 9.17) is 86.4 Å². The van der Waals surface area contributed by atoms with Crippen LogP contribution >= 0.6 is 36.0 Å². The van der Waals surface area contributed by atoms with E-state index in [1.165, 1.54) is 112 Å². The van der Waals surface area contributed by atoms with Gasteiger partial charge in [-0.1, -0.05) is 68.6 Å². The first-order valence-electron chi connectivity index (χ1n) is 50.4. The van der Waals surface area contributed by atoms with Crippen LogP contribution in [0.4, 0.5) is 11.6 Å². The van der Waals surface area contributed by atoms with Crippen molar-refractivity contribution in [2.75, 3.05) is 58.7 Å². The molecule has 146 heavy (non-hydrogen) atoms. The van der Waals surface area contributed by atoms with Crippen molar-refractivity contribution in [1.82, 2.24) is 123 Å². The van der Waals surface area contributed by atoms with Gasteiger partial charge in [0.05, 0.1) is 77.9 Å². The first-order chi connectivity index (χ1) is 71.3. The fourth-order valence-corrected chi connectivity index (χ4v) is 23.5. The number of hydrogen-bond donors (Lipinski definition) is 15. The molecule has 17 aromatic rings. The summed E-state index contributed by atoms with van der Waals surface area (Å²) in [6, 6.07) is 10.0. The van der Waals surface area contributed by atoms with E-state index in [-0.39, 0.29) is 72.0 Å². The molecule has 7 aliphatic rings. The summed E-state index contributed by atoms with van der Waals surface area (Å²) in [5, 5.41) is 37.7. The quantitative estimate of drug-likeness (QED) is 0.0221. The average molecular weight is 2050 g/mol. The molecule has 0 saturated heterocycles. The van der Waals surface area contributed by atoms with Gasteiger partial charge < -0.3 is 105 Å². The number of aliphatic hydroxyl groups is 4. The predicted octanol–water partition coefficient (Wildman–Crippen LogP) is 15.7. The number of thiocarbonyl (C=S) groups is 2. The second-order valence-corrected chi connectivity index (χ2v) is 40.3. The number of H-pyrrole nitrogens is 9. The van der Waals surface area contributed by atoms with Crippen molar-refractivity contribution < 1.29 is 44.1 Å². The largest absolute Gasteiger partial charge is 0.479 e. The molecule has 16 aromatic heterocycles. The molecule has 0 bridgehead atoms. The number of nitrogen functional groups attached to an aromatic ring is 2. The van der Waals surface area contributed by atoms with Crippen LogP contribution in [0.1, 0.15) is 235 Å². The molecule has 17 N–H and O–H groups in total. The van der Waals surface area contributed by atoms with E-state index in [2.05, 4.69) is 125 Å². The number of ether oxygens (including phenoxy) is 5. The van der Waals surface area contributed by atoms with Gasteiger partial charge in [-0.05, 0) is 256 Å². The van der Waals surface area contributed by atoms with Crippen LogP contribution < -0.4 is 32.9 Å². The molecule has 0 spiro atoms. The van der Waals surface area contributed by atoms with E-state index in [1.807, 2.05) is 72.1 Å². The fraction of sp³-hybridized carbons (Fsp3) is 0.462. The lowest BCUT2D eigenvalue weighted by atomic mass is 9.96. The molecule has 768 valence electrons. The van der Waals surface area contributed by atoms with E-state index in [0.717, 1.165) is 172 Å². The zero-order chi connectivity index (χ0) is 101. The lowest BCUT2D eigenvalue weighted by Gasteiger charge is -2.28. The molecule has 1 aromatic carbocycles. The maximum absolute atomic E-state index is 11.6. The Bertz CT molecular complexity index is 6920. The monoisotopic (exact) mass is 2040 g/mol. The van der Waals surface area contributed by atoms with Crippen LogP contribution in [0, 0.1) is 41.4 Å². The zero-order valence-electron chi connectivity index (χ0n) is 82.0. The summed E-state index contributed by atoms with van der Waals surface area (Å²) in [7, 11) is 3.25. The standard InChI is InChI=1S/C30H31N7O5S2.C13H16ClN3.C13H17N3O.2C12H16N4O.2C12H15N3O2/c1-38-15-21-12-22(27(42-30(44)36-11-9-32-18-36)26(21)41-29(43)35-10-8-31-17-35)23-13-37(19-40-14-20-6-4-3-5-7-20)25-24(23)33-16-34-28(25)39-2;1-2-8-3-4-9(5-8)10-6-15-12-11(10)16-7-17-13(12)14;1-2-8-3-4-9(5-8)10-6-14-12-11(10)15-7-16-13(12)17;2*13-12-11-10(15-6-16-12)9(4-14-11)8-2-1-7(3-8)5-17;2*16-5-7-1-2-8(3-7)9-4-13-11-10(9)14-6-15-12(11)17/h3-11,13,16-18,21-22,26-27H,12,14-15,19H2,1-2H3;6-9,15H,2-5H2,1H3;6-9,14H,2-5H2,1H3,(H,15,16,17);2*4,6-8,14,17H,1-3,5H2,(H2,13,15,16);2*4,6-8,13,16H,1-3,5H2,(H,14,15,17)/t21-,22+,26-,27+;2*8-,9+;4*7-,8+/m1111111/s1. The Labute approximate surface area is 855 Å². The smallest absolute Gasteiger partial charge is 0.275 e. The Kier molecular flexibility index (Phi) is 33.6. The van der Waals surface area contributed by atoms with Crippen molar-refractivity contribution in [2.24, 2.45) is 41.4 Å². The summed E-state index contributed by atoms with van der Waals surface area (Å²) in [6.45, 7) is 6.74. The van der Waals surface area contributed by atoms with Gasteiger partial charge >= 0.3 is 0 Å². The zero-order valence-corrected chi connectivity index (χ0v) is 84.4. The van der Waals surface area contributed by atoms with Gasteiger partial charge in [0.1, 0.15) is 95.5 Å². The van der Waals surface area contributed by atoms with E-state index in [9.17, 15) is 24.6 Å². The van der Waals surface area contributed by atoms with Gasteiger partial charge in [-0.25, -0.2) is 59.8 Å². The van der Waals surface area contributed by atoms with Crippen LogP contribution in [-0.4, -0.2) is 214 Å². The van der Waals surface area contributed by atoms with Gasteiger partial charge in [0.2, 0.25) is 5.88 Å². The van der Waals surface area contributed by atoms with Crippen molar-refractivity contribution in [2.45, 2.75) is 216 Å². The highest BCUT2D eigenvalue weighted by atomic mass is 35.5. The van der Waals surface area contributed by atoms with E-state index >= 15 is 0 Å². The Morgan fingerprint density at radius 1 is 0.432 bits per heavy atom. The Morgan fingerprint density at radius 3 is 1.18 bits per heavy atom. The number of hydrogen-bond acceptors (Lipinski definition) is 29. The van der Waals surface area contributed by atoms with Crippen LogP contribution in [0.25, 0.3) is 77.2 Å². The summed E-state index contributed by atoms with van der Waals surface area (Å²) in [5.74, 6) is 7.51. The topological polar surface area (TPSA) is 555 Å². The molecule has 0 radical (unpaired) electrons. The predicted molar refractivity (Wildman–Crippen MR) is 563 cm³/mol. The lowest BCUT2D eigenvalue weighted by Crippen LogP contribution is -2.39. The summed E-state index contributed by atoms with van der Waals surface area (Å²) in [6.07, 6.45) is 56.6. The first-order valence-corrected chi connectivity index (χ1v) is 51.6. The van der Waals surface area contributed by atoms with Gasteiger partial charge in [-0.2, -0.15) is 4.98 Å². The number of aromatic amines is 9. The molecule has 0 amide bonds. The van der Waals surface area contributed by atoms with E-state index in [0.29, 0.717) is 118 Å². The Balaban J connectivity index is 0.000000117. The third-order valence-corrected chi connectivity index (χ3v) is 31.6. The number of halogens is 1. The second-order valence-electron chi connectivity index (χ2n) is 39.3. The van der Waals surface area contributed by atoms with E-state index < -0.39 is 12.2 Å². The number of benzene rings is 1. The SMILES string of the molecule is CC[C@@H]1CC[C@H](c2c[nH]c3c(=O)[nH]cnc23)C1.CC[C@@H]1CC[C@H](c2c[nH]c3c(Cl)ncnc23)C1.COC[C@H]1C[C@@H](c2cn(COCc3ccccc3)c3c(OC)ncnc23)[C@H](OC(=S)n2ccnc2)[C@@H]1OC(=S)n1ccnc1.Nc1ncnc2c([C@H]3CC[C@@H](CO)C3)c[nH]c12.Nc1ncnc2c([C@H]3CC[C@@H](CO)C3)c[nH]c12.O=c1[nH]cnc2c([C@H]3CC[C@@H](CO)C3)c[nH]c12.O=c1[nH]cnc2c([C@H]3CC[C@@H](CO)C3)c[nH]c12. The maximum atomic E-state index is 11.6. The number of anilines is 2. The van der Waals surface area contributed by atoms with E-state index in [1.54, 1.807) is 67.1 Å². The number of nitrogens with zero attached hydrogens (tertiary/aromatic N) is 16. The maximum Gasteiger partial charge on any atom is 0.275 e. The normalized spacial score (nSPS) is 23.1. The second kappa shape index (κ2) is 47.9. The lowest BCUT2D eigenvalue weighted by molar-refractivity contribution is 0.0107. The third-order valence-electron chi connectivity index (χ3n) is 30.7. The van der Waals surface area contributed by atoms with Crippen LogP contribution in [0.5, 0.6) is 5.88 Å². The molecule has 7 fully saturated rings. The van der Waals surface area contributed by atoms with Gasteiger partial charge in [0.25, 0.3) is 27.0 Å². The highest BCUT2D eigenvalue weighted by Crippen LogP contribution is 2.50. The molecule has 42 heteroatoms. The Hall–Kier alpha value is -13.4. The molecule has 39 nitrogen and oxygen atoms in total. The fourth-order valence-electron chi connectivity index (χ4n) is 22.9. The molecule has 16 heterocycles. The summed E-state index contributed by atoms with van der Waals surface area (Å²) >= 11 is 17.4. The third kappa shape index (κ3) is 22.9. The summed E-state index contributed by atoms with van der Waals surface area (Å²) < 4.78 is 35.7. The number of rotatable bonds is 22. The van der Waals surface area contributed by atoms with Crippen LogP contribution in [0.2, 0.25) is 5.15 Å². The minimum Gasteiger partial charge on any atom is -0.479 e. The number of methoxy groups -OCH3 is 2. The van der Waals surface area contributed by atoms with Crippen LogP contribution in [0.3, 0.4) is 0 Å². The van der Waals surface area contributed by atoms with Gasteiger partial charge in [-0.15, -0.1) is 0 Å². The number of fused-ring (bicyclic) bond motifs is 7. The van der Waals surface area contributed by atoms with Gasteiger partial charge in [0, 0.05) is 119 Å².